The topological polar surface area (TPSA) is 89.2 Å². The van der Waals surface area contributed by atoms with E-state index in [1.165, 1.54) is 11.2 Å². The zero-order valence-corrected chi connectivity index (χ0v) is 19.0. The third-order valence-electron chi connectivity index (χ3n) is 6.10. The Morgan fingerprint density at radius 3 is 2.76 bits per heavy atom. The van der Waals surface area contributed by atoms with Gasteiger partial charge in [-0.15, -0.1) is 0 Å². The molecule has 0 radical (unpaired) electrons. The molecule has 174 valence electrons. The van der Waals surface area contributed by atoms with Gasteiger partial charge in [-0.25, -0.2) is 0 Å². The lowest BCUT2D eigenvalue weighted by atomic mass is 9.94. The maximum Gasteiger partial charge on any atom is 0.296 e. The summed E-state index contributed by atoms with van der Waals surface area (Å²) >= 11 is 0. The lowest BCUT2D eigenvalue weighted by molar-refractivity contribution is -0.140. The lowest BCUT2D eigenvalue weighted by Crippen LogP contribution is -2.29. The lowest BCUT2D eigenvalue weighted by Gasteiger charge is -2.25. The summed E-state index contributed by atoms with van der Waals surface area (Å²) in [5.74, 6) is 0.283. The minimum absolute atomic E-state index is 0.0390. The number of amides is 1. The number of furan rings is 1. The molecule has 7 heteroatoms. The van der Waals surface area contributed by atoms with Crippen LogP contribution in [0.4, 0.5) is 0 Å². The summed E-state index contributed by atoms with van der Waals surface area (Å²) in [6, 6.07) is 15.2. The zero-order valence-electron chi connectivity index (χ0n) is 19.0. The van der Waals surface area contributed by atoms with Crippen molar-refractivity contribution in [2.75, 3.05) is 6.61 Å². The average Bonchev–Trinajstić information content (AvgIpc) is 3.53. The molecule has 0 aliphatic carbocycles. The predicted molar refractivity (Wildman–Crippen MR) is 124 cm³/mol. The van der Waals surface area contributed by atoms with Crippen LogP contribution in [0.2, 0.25) is 0 Å². The minimum atomic E-state index is -0.797. The second-order valence-corrected chi connectivity index (χ2v) is 8.47. The van der Waals surface area contributed by atoms with Crippen molar-refractivity contribution in [3.8, 4) is 11.5 Å². The Bertz CT molecular complexity index is 1280. The highest BCUT2D eigenvalue weighted by atomic mass is 16.5. The van der Waals surface area contributed by atoms with Crippen LogP contribution in [0.1, 0.15) is 42.3 Å². The first-order valence-electron chi connectivity index (χ1n) is 11.3. The SMILES string of the molecule is CCOc1cccc([C@H]2C(=C(O)c3ccc4c(c3)C[C@@H](C)O4)C(=O)C(=O)N2Cc2ccco2)c1. The highest BCUT2D eigenvalue weighted by Gasteiger charge is 2.46. The highest BCUT2D eigenvalue weighted by molar-refractivity contribution is 6.46. The van der Waals surface area contributed by atoms with Crippen molar-refractivity contribution in [3.05, 3.63) is 88.9 Å². The van der Waals surface area contributed by atoms with Crippen molar-refractivity contribution in [1.29, 1.82) is 0 Å². The summed E-state index contributed by atoms with van der Waals surface area (Å²) in [4.78, 5) is 27.8. The number of rotatable bonds is 6. The van der Waals surface area contributed by atoms with E-state index in [1.54, 1.807) is 30.3 Å². The Morgan fingerprint density at radius 1 is 1.15 bits per heavy atom. The molecule has 1 aromatic heterocycles. The molecule has 0 bridgehead atoms. The molecule has 2 atom stereocenters. The first kappa shape index (κ1) is 21.8. The van der Waals surface area contributed by atoms with E-state index in [2.05, 4.69) is 0 Å². The highest BCUT2D eigenvalue weighted by Crippen LogP contribution is 2.42. The van der Waals surface area contributed by atoms with Gasteiger partial charge in [-0.1, -0.05) is 12.1 Å². The van der Waals surface area contributed by atoms with Crippen molar-refractivity contribution in [2.45, 2.75) is 39.0 Å². The number of carbonyl (C=O) groups is 2. The van der Waals surface area contributed by atoms with Gasteiger partial charge < -0.3 is 23.9 Å². The summed E-state index contributed by atoms with van der Waals surface area (Å²) in [6.07, 6.45) is 2.28. The van der Waals surface area contributed by atoms with Crippen LogP contribution in [0.3, 0.4) is 0 Å². The molecule has 3 heterocycles. The fraction of sp³-hybridized carbons (Fsp3) is 0.259. The Kier molecular flexibility index (Phi) is 5.61. The largest absolute Gasteiger partial charge is 0.507 e. The normalized spacial score (nSPS) is 20.9. The summed E-state index contributed by atoms with van der Waals surface area (Å²) < 4.78 is 16.8. The Balaban J connectivity index is 1.63. The van der Waals surface area contributed by atoms with Gasteiger partial charge in [0, 0.05) is 12.0 Å². The number of hydrogen-bond donors (Lipinski definition) is 1. The van der Waals surface area contributed by atoms with E-state index in [4.69, 9.17) is 13.9 Å². The van der Waals surface area contributed by atoms with Gasteiger partial charge in [0.15, 0.2) is 0 Å². The number of fused-ring (bicyclic) bond motifs is 1. The number of Topliss-reactive ketones (excluding diaryl/α,β-unsaturated/α-hetero) is 1. The van der Waals surface area contributed by atoms with Crippen molar-refractivity contribution in [1.82, 2.24) is 4.90 Å². The summed E-state index contributed by atoms with van der Waals surface area (Å²) in [7, 11) is 0. The molecular formula is C27H25NO6. The van der Waals surface area contributed by atoms with E-state index in [-0.39, 0.29) is 24.0 Å². The van der Waals surface area contributed by atoms with Crippen LogP contribution in [-0.4, -0.2) is 34.4 Å². The minimum Gasteiger partial charge on any atom is -0.507 e. The Labute approximate surface area is 197 Å². The second-order valence-electron chi connectivity index (χ2n) is 8.47. The van der Waals surface area contributed by atoms with Crippen LogP contribution in [0, 0.1) is 0 Å². The van der Waals surface area contributed by atoms with Gasteiger partial charge in [-0.05, 0) is 67.4 Å². The third kappa shape index (κ3) is 3.83. The van der Waals surface area contributed by atoms with Gasteiger partial charge in [0.25, 0.3) is 11.7 Å². The zero-order chi connectivity index (χ0) is 23.8. The standard InChI is InChI=1S/C27H25NO6/c1-3-32-20-7-4-6-17(14-20)24-23(26(30)27(31)28(24)15-21-8-5-11-33-21)25(29)18-9-10-22-19(13-18)12-16(2)34-22/h4-11,13-14,16,24,29H,3,12,15H2,1-2H3/t16-,24+/m1/s1. The van der Waals surface area contributed by atoms with Crippen LogP contribution in [0.25, 0.3) is 5.76 Å². The number of benzene rings is 2. The number of carbonyl (C=O) groups excluding carboxylic acids is 2. The molecule has 34 heavy (non-hydrogen) atoms. The van der Waals surface area contributed by atoms with Gasteiger partial charge in [-0.3, -0.25) is 9.59 Å². The van der Waals surface area contributed by atoms with Crippen molar-refractivity contribution < 1.29 is 28.6 Å². The quantitative estimate of drug-likeness (QED) is 0.329. The molecule has 0 saturated carbocycles. The van der Waals surface area contributed by atoms with Crippen LogP contribution in [-0.2, 0) is 22.6 Å². The molecule has 1 fully saturated rings. The molecule has 3 aromatic rings. The van der Waals surface area contributed by atoms with Crippen LogP contribution >= 0.6 is 0 Å². The van der Waals surface area contributed by atoms with Crippen molar-refractivity contribution in [2.24, 2.45) is 0 Å². The van der Waals surface area contributed by atoms with Gasteiger partial charge in [0.1, 0.15) is 29.1 Å². The van der Waals surface area contributed by atoms with E-state index < -0.39 is 17.7 Å². The van der Waals surface area contributed by atoms with E-state index in [1.807, 2.05) is 38.1 Å². The number of aliphatic hydroxyl groups excluding tert-OH is 1. The van der Waals surface area contributed by atoms with Gasteiger partial charge in [0.05, 0.1) is 31.0 Å². The molecule has 2 aliphatic rings. The second kappa shape index (κ2) is 8.74. The number of nitrogens with zero attached hydrogens (tertiary/aromatic N) is 1. The molecule has 1 N–H and O–H groups in total. The molecular weight excluding hydrogens is 434 g/mol. The predicted octanol–water partition coefficient (Wildman–Crippen LogP) is 4.62. The number of ether oxygens (including phenoxy) is 2. The molecule has 2 aromatic carbocycles. The van der Waals surface area contributed by atoms with Crippen molar-refractivity contribution >= 4 is 17.4 Å². The summed E-state index contributed by atoms with van der Waals surface area (Å²) in [6.45, 7) is 4.43. The number of ketones is 1. The summed E-state index contributed by atoms with van der Waals surface area (Å²) in [5, 5.41) is 11.3. The van der Waals surface area contributed by atoms with E-state index >= 15 is 0 Å². The third-order valence-corrected chi connectivity index (χ3v) is 6.10. The first-order chi connectivity index (χ1) is 16.5. The molecule has 7 nitrogen and oxygen atoms in total. The van der Waals surface area contributed by atoms with Crippen LogP contribution in [0.5, 0.6) is 11.5 Å². The van der Waals surface area contributed by atoms with Crippen LogP contribution in [0.15, 0.2) is 70.9 Å². The Morgan fingerprint density at radius 2 is 2.00 bits per heavy atom. The maximum atomic E-state index is 13.2. The van der Waals surface area contributed by atoms with Gasteiger partial charge in [0.2, 0.25) is 0 Å². The number of aliphatic hydroxyl groups is 1. The molecule has 5 rings (SSSR count). The number of hydrogen-bond acceptors (Lipinski definition) is 6. The summed E-state index contributed by atoms with van der Waals surface area (Å²) in [5.41, 5.74) is 2.13. The molecule has 0 unspecified atom stereocenters. The maximum absolute atomic E-state index is 13.2. The fourth-order valence-electron chi connectivity index (χ4n) is 4.63. The fourth-order valence-corrected chi connectivity index (χ4v) is 4.63. The average molecular weight is 459 g/mol. The van der Waals surface area contributed by atoms with Crippen molar-refractivity contribution in [3.63, 3.8) is 0 Å². The number of likely N-dealkylation sites (tertiary alicyclic amines) is 1. The molecule has 1 saturated heterocycles. The van der Waals surface area contributed by atoms with E-state index in [0.29, 0.717) is 35.7 Å². The molecule has 0 spiro atoms. The van der Waals surface area contributed by atoms with E-state index in [0.717, 1.165) is 11.3 Å². The van der Waals surface area contributed by atoms with Crippen LogP contribution < -0.4 is 9.47 Å². The molecule has 1 amide bonds. The molecule has 2 aliphatic heterocycles. The Hall–Kier alpha value is -4.00. The van der Waals surface area contributed by atoms with E-state index in [9.17, 15) is 14.7 Å². The first-order valence-corrected chi connectivity index (χ1v) is 11.3. The van der Waals surface area contributed by atoms with Gasteiger partial charge >= 0.3 is 0 Å². The monoisotopic (exact) mass is 459 g/mol. The van der Waals surface area contributed by atoms with Gasteiger partial charge in [-0.2, -0.15) is 0 Å². The smallest absolute Gasteiger partial charge is 0.296 e.